The minimum atomic E-state index is 0.369. The second-order valence-corrected chi connectivity index (χ2v) is 8.95. The zero-order valence-electron chi connectivity index (χ0n) is 17.5. The predicted molar refractivity (Wildman–Crippen MR) is 117 cm³/mol. The first-order valence-electron chi connectivity index (χ1n) is 11.0. The van der Waals surface area contributed by atoms with Gasteiger partial charge in [-0.1, -0.05) is 63.8 Å². The summed E-state index contributed by atoms with van der Waals surface area (Å²) in [6, 6.07) is 11.4. The molecule has 3 aromatic rings. The second-order valence-electron chi connectivity index (χ2n) is 8.95. The molecule has 148 valence electrons. The van der Waals surface area contributed by atoms with Gasteiger partial charge in [0.2, 0.25) is 0 Å². The van der Waals surface area contributed by atoms with E-state index >= 15 is 0 Å². The summed E-state index contributed by atoms with van der Waals surface area (Å²) in [5.74, 6) is 2.04. The van der Waals surface area contributed by atoms with Crippen LogP contribution in [-0.4, -0.2) is 15.2 Å². The van der Waals surface area contributed by atoms with Crippen LogP contribution < -0.4 is 0 Å². The van der Waals surface area contributed by atoms with Gasteiger partial charge in [0.05, 0.1) is 11.2 Å². The minimum absolute atomic E-state index is 0.369. The van der Waals surface area contributed by atoms with Gasteiger partial charge in [0.25, 0.3) is 0 Å². The molecule has 1 fully saturated rings. The molecule has 3 nitrogen and oxygen atoms in total. The number of rotatable bonds is 4. The molecule has 1 aliphatic carbocycles. The zero-order chi connectivity index (χ0) is 19.5. The summed E-state index contributed by atoms with van der Waals surface area (Å²) in [7, 11) is 0. The number of fused-ring (bicyclic) bond motifs is 1. The minimum Gasteiger partial charge on any atom is -0.282 e. The lowest BCUT2D eigenvalue weighted by Gasteiger charge is -2.23. The fraction of sp³-hybridized carbons (Fsp3) is 0.520. The zero-order valence-corrected chi connectivity index (χ0v) is 17.5. The number of aryl methyl sites for hydroxylation is 1. The first-order valence-corrected chi connectivity index (χ1v) is 11.0. The van der Waals surface area contributed by atoms with Crippen molar-refractivity contribution >= 4 is 10.9 Å². The highest BCUT2D eigenvalue weighted by molar-refractivity contribution is 5.83. The van der Waals surface area contributed by atoms with Crippen molar-refractivity contribution in [1.82, 2.24) is 15.2 Å². The van der Waals surface area contributed by atoms with Crippen LogP contribution in [0.15, 0.2) is 36.5 Å². The van der Waals surface area contributed by atoms with E-state index in [2.05, 4.69) is 55.2 Å². The Morgan fingerprint density at radius 3 is 2.46 bits per heavy atom. The van der Waals surface area contributed by atoms with E-state index in [1.807, 2.05) is 12.3 Å². The van der Waals surface area contributed by atoms with Crippen LogP contribution in [0.1, 0.15) is 86.7 Å². The molecule has 0 bridgehead atoms. The van der Waals surface area contributed by atoms with E-state index < -0.39 is 0 Å². The van der Waals surface area contributed by atoms with Gasteiger partial charge in [0.1, 0.15) is 0 Å². The predicted octanol–water partition coefficient (Wildman–Crippen LogP) is 6.69. The van der Waals surface area contributed by atoms with Crippen LogP contribution in [0, 0.1) is 12.8 Å². The molecule has 0 amide bonds. The van der Waals surface area contributed by atoms with Gasteiger partial charge < -0.3 is 0 Å². The largest absolute Gasteiger partial charge is 0.282 e. The molecule has 28 heavy (non-hydrogen) atoms. The van der Waals surface area contributed by atoms with Crippen molar-refractivity contribution in [3.05, 3.63) is 59.0 Å². The maximum Gasteiger partial charge on any atom is 0.0957 e. The first kappa shape index (κ1) is 19.2. The van der Waals surface area contributed by atoms with Gasteiger partial charge in [-0.3, -0.25) is 10.1 Å². The molecule has 3 heteroatoms. The van der Waals surface area contributed by atoms with E-state index in [-0.39, 0.29) is 0 Å². The summed E-state index contributed by atoms with van der Waals surface area (Å²) in [6.45, 7) is 6.77. The molecule has 1 atom stereocenters. The fourth-order valence-corrected chi connectivity index (χ4v) is 4.94. The fourth-order valence-electron chi connectivity index (χ4n) is 4.94. The van der Waals surface area contributed by atoms with Gasteiger partial charge in [-0.2, -0.15) is 5.10 Å². The first-order chi connectivity index (χ1) is 13.6. The third-order valence-corrected chi connectivity index (χ3v) is 6.64. The SMILES string of the molecule is Cc1[nH]nc2ccnc(C(C)Cc3ccc(C4CCCC(C)CCC4)cc3)c12. The average Bonchev–Trinajstić information content (AvgIpc) is 3.06. The molecule has 1 aromatic carbocycles. The molecule has 1 saturated carbocycles. The Balaban J connectivity index is 1.46. The van der Waals surface area contributed by atoms with Crippen LogP contribution in [0.4, 0.5) is 0 Å². The maximum absolute atomic E-state index is 4.69. The summed E-state index contributed by atoms with van der Waals surface area (Å²) in [5, 5.41) is 8.68. The van der Waals surface area contributed by atoms with Crippen molar-refractivity contribution in [2.45, 2.75) is 77.6 Å². The third-order valence-electron chi connectivity index (χ3n) is 6.64. The van der Waals surface area contributed by atoms with Crippen molar-refractivity contribution < 1.29 is 0 Å². The molecule has 0 radical (unpaired) electrons. The van der Waals surface area contributed by atoms with Crippen molar-refractivity contribution in [2.75, 3.05) is 0 Å². The summed E-state index contributed by atoms with van der Waals surface area (Å²) in [6.07, 6.45) is 11.2. The molecule has 1 aliphatic rings. The third kappa shape index (κ3) is 4.14. The summed E-state index contributed by atoms with van der Waals surface area (Å²) < 4.78 is 0. The molecule has 0 saturated heterocycles. The van der Waals surface area contributed by atoms with E-state index in [1.165, 1.54) is 55.0 Å². The highest BCUT2D eigenvalue weighted by Gasteiger charge is 2.18. The van der Waals surface area contributed by atoms with Crippen molar-refractivity contribution in [3.63, 3.8) is 0 Å². The maximum atomic E-state index is 4.69. The van der Waals surface area contributed by atoms with E-state index in [0.29, 0.717) is 5.92 Å². The van der Waals surface area contributed by atoms with Gasteiger partial charge >= 0.3 is 0 Å². The van der Waals surface area contributed by atoms with Gasteiger partial charge in [0.15, 0.2) is 0 Å². The highest BCUT2D eigenvalue weighted by atomic mass is 15.1. The number of hydrogen-bond acceptors (Lipinski definition) is 2. The Labute approximate surface area is 169 Å². The van der Waals surface area contributed by atoms with Gasteiger partial charge in [0, 0.05) is 23.2 Å². The quantitative estimate of drug-likeness (QED) is 0.552. The summed E-state index contributed by atoms with van der Waals surface area (Å²) >= 11 is 0. The number of nitrogens with one attached hydrogen (secondary N) is 1. The van der Waals surface area contributed by atoms with Crippen LogP contribution in [0.25, 0.3) is 10.9 Å². The Morgan fingerprint density at radius 1 is 1.04 bits per heavy atom. The Kier molecular flexibility index (Phi) is 5.79. The molecule has 0 spiro atoms. The Hall–Kier alpha value is -2.16. The molecule has 2 aromatic heterocycles. The van der Waals surface area contributed by atoms with E-state index in [9.17, 15) is 0 Å². The van der Waals surface area contributed by atoms with E-state index in [0.717, 1.165) is 35.2 Å². The molecule has 1 N–H and O–H groups in total. The van der Waals surface area contributed by atoms with Gasteiger partial charge in [-0.05, 0) is 55.2 Å². The molecule has 1 unspecified atom stereocenters. The van der Waals surface area contributed by atoms with Crippen molar-refractivity contribution in [2.24, 2.45) is 5.92 Å². The summed E-state index contributed by atoms with van der Waals surface area (Å²) in [4.78, 5) is 4.69. The number of benzene rings is 1. The Morgan fingerprint density at radius 2 is 1.75 bits per heavy atom. The number of pyridine rings is 1. The van der Waals surface area contributed by atoms with Crippen LogP contribution in [-0.2, 0) is 6.42 Å². The standard InChI is InChI=1S/C25H33N3/c1-17-6-4-8-21(9-5-7-17)22-12-10-20(11-13-22)16-18(2)25-24-19(3)27-28-23(24)14-15-26-25/h10-15,17-18,21H,4-9,16H2,1-3H3,(H,27,28). The second kappa shape index (κ2) is 8.46. The van der Waals surface area contributed by atoms with Crippen molar-refractivity contribution in [3.8, 4) is 0 Å². The monoisotopic (exact) mass is 375 g/mol. The van der Waals surface area contributed by atoms with Gasteiger partial charge in [-0.25, -0.2) is 0 Å². The average molecular weight is 376 g/mol. The number of hydrogen-bond donors (Lipinski definition) is 1. The van der Waals surface area contributed by atoms with Gasteiger partial charge in [-0.15, -0.1) is 0 Å². The topological polar surface area (TPSA) is 41.6 Å². The highest BCUT2D eigenvalue weighted by Crippen LogP contribution is 2.33. The normalized spacial score (nSPS) is 22.0. The Bertz CT molecular complexity index is 899. The lowest BCUT2D eigenvalue weighted by Crippen LogP contribution is -2.07. The molecule has 2 heterocycles. The smallest absolute Gasteiger partial charge is 0.0957 e. The number of H-pyrrole nitrogens is 1. The lowest BCUT2D eigenvalue weighted by atomic mass is 9.82. The van der Waals surface area contributed by atoms with E-state index in [4.69, 9.17) is 4.98 Å². The number of aromatic nitrogens is 3. The van der Waals surface area contributed by atoms with Crippen molar-refractivity contribution in [1.29, 1.82) is 0 Å². The van der Waals surface area contributed by atoms with Crippen LogP contribution in [0.3, 0.4) is 0 Å². The number of aromatic amines is 1. The number of nitrogens with zero attached hydrogens (tertiary/aromatic N) is 2. The lowest BCUT2D eigenvalue weighted by molar-refractivity contribution is 0.378. The molecule has 0 aliphatic heterocycles. The molecular formula is C25H33N3. The summed E-state index contributed by atoms with van der Waals surface area (Å²) in [5.41, 5.74) is 6.22. The van der Waals surface area contributed by atoms with Crippen LogP contribution in [0.5, 0.6) is 0 Å². The van der Waals surface area contributed by atoms with E-state index in [1.54, 1.807) is 0 Å². The molecule has 4 rings (SSSR count). The van der Waals surface area contributed by atoms with Crippen LogP contribution >= 0.6 is 0 Å². The molecular weight excluding hydrogens is 342 g/mol. The van der Waals surface area contributed by atoms with Crippen LogP contribution in [0.2, 0.25) is 0 Å².